The number of rotatable bonds is 3. The second kappa shape index (κ2) is 5.66. The zero-order valence-electron chi connectivity index (χ0n) is 11.3. The summed E-state index contributed by atoms with van der Waals surface area (Å²) in [6.45, 7) is 0.334. The first-order valence-electron chi connectivity index (χ1n) is 6.61. The number of ether oxygens (including phenoxy) is 1. The van der Waals surface area contributed by atoms with Crippen LogP contribution in [0, 0.1) is 0 Å². The van der Waals surface area contributed by atoms with Crippen LogP contribution in [0.15, 0.2) is 54.6 Å². The first-order valence-corrected chi connectivity index (χ1v) is 6.61. The zero-order valence-corrected chi connectivity index (χ0v) is 11.3. The number of carbonyl (C=O) groups is 2. The van der Waals surface area contributed by atoms with Gasteiger partial charge in [-0.2, -0.15) is 0 Å². The SMILES string of the molecule is O=C1CN(c2cccc(Oc3ccccc3)c2)CC(=O)N1. The molecule has 1 fully saturated rings. The summed E-state index contributed by atoms with van der Waals surface area (Å²) in [6, 6.07) is 16.8. The number of imide groups is 1. The number of carbonyl (C=O) groups excluding carboxylic acids is 2. The molecule has 0 bridgehead atoms. The fourth-order valence-corrected chi connectivity index (χ4v) is 2.19. The average Bonchev–Trinajstić information content (AvgIpc) is 2.47. The predicted octanol–water partition coefficient (Wildman–Crippen LogP) is 1.94. The molecule has 0 unspecified atom stereocenters. The van der Waals surface area contributed by atoms with Crippen LogP contribution in [0.1, 0.15) is 0 Å². The van der Waals surface area contributed by atoms with Crippen molar-refractivity contribution in [1.29, 1.82) is 0 Å². The van der Waals surface area contributed by atoms with E-state index in [1.165, 1.54) is 0 Å². The highest BCUT2D eigenvalue weighted by Gasteiger charge is 2.22. The lowest BCUT2D eigenvalue weighted by atomic mass is 10.2. The number of amides is 2. The van der Waals surface area contributed by atoms with Crippen LogP contribution in [0.2, 0.25) is 0 Å². The molecule has 5 nitrogen and oxygen atoms in total. The van der Waals surface area contributed by atoms with Crippen molar-refractivity contribution in [2.45, 2.75) is 0 Å². The summed E-state index contributed by atoms with van der Waals surface area (Å²) in [7, 11) is 0. The Balaban J connectivity index is 1.80. The molecule has 1 aliphatic rings. The van der Waals surface area contributed by atoms with Gasteiger partial charge in [-0.25, -0.2) is 0 Å². The Hall–Kier alpha value is -2.82. The molecule has 0 saturated carbocycles. The molecule has 0 aromatic heterocycles. The minimum Gasteiger partial charge on any atom is -0.457 e. The van der Waals surface area contributed by atoms with Gasteiger partial charge in [-0.15, -0.1) is 0 Å². The van der Waals surface area contributed by atoms with Crippen molar-refractivity contribution in [2.24, 2.45) is 0 Å². The number of anilines is 1. The molecule has 0 spiro atoms. The lowest BCUT2D eigenvalue weighted by Gasteiger charge is -2.27. The summed E-state index contributed by atoms with van der Waals surface area (Å²) in [4.78, 5) is 24.6. The molecule has 2 amide bonds. The maximum Gasteiger partial charge on any atom is 0.246 e. The van der Waals surface area contributed by atoms with E-state index in [0.29, 0.717) is 5.75 Å². The summed E-state index contributed by atoms with van der Waals surface area (Å²) in [5, 5.41) is 2.28. The predicted molar refractivity (Wildman–Crippen MR) is 78.3 cm³/mol. The lowest BCUT2D eigenvalue weighted by molar-refractivity contribution is -0.130. The summed E-state index contributed by atoms with van der Waals surface area (Å²) in [5.41, 5.74) is 0.784. The molecule has 2 aromatic carbocycles. The van der Waals surface area contributed by atoms with Gasteiger partial charge in [0.1, 0.15) is 11.5 Å². The monoisotopic (exact) mass is 282 g/mol. The van der Waals surface area contributed by atoms with Crippen LogP contribution in [0.4, 0.5) is 5.69 Å². The molecule has 0 aliphatic carbocycles. The van der Waals surface area contributed by atoms with Crippen LogP contribution in [-0.4, -0.2) is 24.9 Å². The maximum atomic E-state index is 11.4. The van der Waals surface area contributed by atoms with Gasteiger partial charge in [0.25, 0.3) is 0 Å². The molecule has 0 radical (unpaired) electrons. The zero-order chi connectivity index (χ0) is 14.7. The Morgan fingerprint density at radius 2 is 1.52 bits per heavy atom. The highest BCUT2D eigenvalue weighted by Crippen LogP contribution is 2.26. The Labute approximate surface area is 122 Å². The van der Waals surface area contributed by atoms with Crippen molar-refractivity contribution in [3.8, 4) is 11.5 Å². The molecular formula is C16H14N2O3. The molecule has 1 aliphatic heterocycles. The number of para-hydroxylation sites is 1. The van der Waals surface area contributed by atoms with Gasteiger partial charge in [0.05, 0.1) is 13.1 Å². The van der Waals surface area contributed by atoms with Crippen molar-refractivity contribution in [2.75, 3.05) is 18.0 Å². The summed E-state index contributed by atoms with van der Waals surface area (Å²) in [6.07, 6.45) is 0. The quantitative estimate of drug-likeness (QED) is 0.874. The Kier molecular flexibility index (Phi) is 3.55. The number of benzene rings is 2. The van der Waals surface area contributed by atoms with E-state index < -0.39 is 0 Å². The third-order valence-electron chi connectivity index (χ3n) is 3.11. The fraction of sp³-hybridized carbons (Fsp3) is 0.125. The Morgan fingerprint density at radius 3 is 2.24 bits per heavy atom. The van der Waals surface area contributed by atoms with Crippen molar-refractivity contribution >= 4 is 17.5 Å². The Bertz CT molecular complexity index is 654. The van der Waals surface area contributed by atoms with Gasteiger partial charge in [0.2, 0.25) is 11.8 Å². The fourth-order valence-electron chi connectivity index (χ4n) is 2.19. The number of piperazine rings is 1. The van der Waals surface area contributed by atoms with Crippen molar-refractivity contribution in [1.82, 2.24) is 5.32 Å². The maximum absolute atomic E-state index is 11.4. The highest BCUT2D eigenvalue weighted by atomic mass is 16.5. The molecule has 1 heterocycles. The number of hydrogen-bond donors (Lipinski definition) is 1. The minimum atomic E-state index is -0.291. The van der Waals surface area contributed by atoms with Crippen LogP contribution in [0.25, 0.3) is 0 Å². The molecule has 3 rings (SSSR count). The van der Waals surface area contributed by atoms with Crippen LogP contribution in [0.5, 0.6) is 11.5 Å². The van der Waals surface area contributed by atoms with E-state index in [9.17, 15) is 9.59 Å². The first kappa shape index (κ1) is 13.2. The van der Waals surface area contributed by atoms with Gasteiger partial charge in [-0.05, 0) is 24.3 Å². The van der Waals surface area contributed by atoms with E-state index in [-0.39, 0.29) is 24.9 Å². The van der Waals surface area contributed by atoms with E-state index in [4.69, 9.17) is 4.74 Å². The van der Waals surface area contributed by atoms with E-state index in [1.54, 1.807) is 4.90 Å². The average molecular weight is 282 g/mol. The normalized spacial score (nSPS) is 14.8. The second-order valence-electron chi connectivity index (χ2n) is 4.74. The third-order valence-corrected chi connectivity index (χ3v) is 3.11. The Morgan fingerprint density at radius 1 is 0.857 bits per heavy atom. The number of nitrogens with one attached hydrogen (secondary N) is 1. The van der Waals surface area contributed by atoms with Crippen LogP contribution in [-0.2, 0) is 9.59 Å². The van der Waals surface area contributed by atoms with E-state index in [2.05, 4.69) is 5.32 Å². The van der Waals surface area contributed by atoms with Gasteiger partial charge in [0.15, 0.2) is 0 Å². The lowest BCUT2D eigenvalue weighted by Crippen LogP contribution is -2.51. The van der Waals surface area contributed by atoms with Gasteiger partial charge in [-0.1, -0.05) is 24.3 Å². The summed E-state index contributed by atoms with van der Waals surface area (Å²) >= 11 is 0. The molecule has 21 heavy (non-hydrogen) atoms. The van der Waals surface area contributed by atoms with Gasteiger partial charge in [0, 0.05) is 11.8 Å². The topological polar surface area (TPSA) is 58.6 Å². The molecule has 0 atom stereocenters. The van der Waals surface area contributed by atoms with Crippen molar-refractivity contribution in [3.05, 3.63) is 54.6 Å². The molecule has 106 valence electrons. The largest absolute Gasteiger partial charge is 0.457 e. The van der Waals surface area contributed by atoms with E-state index in [1.807, 2.05) is 54.6 Å². The molecule has 2 aromatic rings. The summed E-state index contributed by atoms with van der Waals surface area (Å²) < 4.78 is 5.75. The number of nitrogens with zero attached hydrogens (tertiary/aromatic N) is 1. The van der Waals surface area contributed by atoms with Gasteiger partial charge in [-0.3, -0.25) is 14.9 Å². The number of hydrogen-bond acceptors (Lipinski definition) is 4. The molecule has 5 heteroatoms. The van der Waals surface area contributed by atoms with Crippen molar-refractivity contribution < 1.29 is 14.3 Å². The molecule has 1 N–H and O–H groups in total. The third kappa shape index (κ3) is 3.20. The van der Waals surface area contributed by atoms with Gasteiger partial charge < -0.3 is 9.64 Å². The smallest absolute Gasteiger partial charge is 0.246 e. The summed E-state index contributed by atoms with van der Waals surface area (Å²) in [5.74, 6) is 0.820. The van der Waals surface area contributed by atoms with Crippen LogP contribution in [0.3, 0.4) is 0 Å². The van der Waals surface area contributed by atoms with Crippen LogP contribution < -0.4 is 15.0 Å². The van der Waals surface area contributed by atoms with E-state index in [0.717, 1.165) is 11.4 Å². The molecule has 1 saturated heterocycles. The van der Waals surface area contributed by atoms with Gasteiger partial charge >= 0.3 is 0 Å². The standard InChI is InChI=1S/C16H14N2O3/c19-15-10-18(11-16(20)17-15)12-5-4-8-14(9-12)21-13-6-2-1-3-7-13/h1-9H,10-11H2,(H,17,19,20). The highest BCUT2D eigenvalue weighted by molar-refractivity contribution is 6.02. The van der Waals surface area contributed by atoms with Crippen LogP contribution >= 0.6 is 0 Å². The van der Waals surface area contributed by atoms with E-state index >= 15 is 0 Å². The minimum absolute atomic E-state index is 0.167. The molecular weight excluding hydrogens is 268 g/mol. The first-order chi connectivity index (χ1) is 10.2. The second-order valence-corrected chi connectivity index (χ2v) is 4.74. The van der Waals surface area contributed by atoms with Crippen molar-refractivity contribution in [3.63, 3.8) is 0 Å².